The average Bonchev–Trinajstić information content (AvgIpc) is 2.91. The molecule has 0 aliphatic rings. The van der Waals surface area contributed by atoms with Crippen LogP contribution in [0, 0.1) is 24.0 Å². The van der Waals surface area contributed by atoms with Crippen LogP contribution >= 0.6 is 0 Å². The zero-order chi connectivity index (χ0) is 28.1. The first-order chi connectivity index (χ1) is 18.7. The minimum Gasteiger partial charge on any atom is -0.497 e. The number of nitro benzene ring substituents is 1. The third-order valence-corrected chi connectivity index (χ3v) is 5.73. The molecule has 12 nitrogen and oxygen atoms in total. The van der Waals surface area contributed by atoms with Crippen molar-refractivity contribution in [1.82, 2.24) is 9.97 Å². The molecule has 12 heteroatoms. The molecular formula is C27H25N3O9. The van der Waals surface area contributed by atoms with E-state index < -0.39 is 11.1 Å². The van der Waals surface area contributed by atoms with Crippen LogP contribution in [0.4, 0.5) is 10.5 Å². The quantitative estimate of drug-likeness (QED) is 0.105. The summed E-state index contributed by atoms with van der Waals surface area (Å²) in [5, 5.41) is 11.0. The molecule has 4 aromatic rings. The standard InChI is InChI=1S/C27H25N3O9/c1-15-11-17(25-28-21-13-20(35-3)14-22(36-4)23(21)26(31)29-25)12-16(2)24(15)37-9-10-38-27(32)39-19-7-5-18(6-8-19)30(33)34/h5-8,11-14H,9-10H2,1-4H3,(H,28,29,31). The maximum Gasteiger partial charge on any atom is 0.513 e. The molecule has 0 saturated heterocycles. The number of rotatable bonds is 9. The summed E-state index contributed by atoms with van der Waals surface area (Å²) in [5.74, 6) is 1.96. The van der Waals surface area contributed by atoms with Gasteiger partial charge in [0.05, 0.1) is 24.7 Å². The molecule has 0 atom stereocenters. The Bertz CT molecular complexity index is 1570. The molecule has 0 amide bonds. The number of fused-ring (bicyclic) bond motifs is 1. The Morgan fingerprint density at radius 2 is 1.67 bits per heavy atom. The molecule has 1 N–H and O–H groups in total. The van der Waals surface area contributed by atoms with E-state index in [-0.39, 0.29) is 30.2 Å². The Labute approximate surface area is 222 Å². The molecule has 0 unspecified atom stereocenters. The van der Waals surface area contributed by atoms with Crippen molar-refractivity contribution in [3.05, 3.63) is 80.1 Å². The van der Waals surface area contributed by atoms with Crippen molar-refractivity contribution < 1.29 is 33.4 Å². The van der Waals surface area contributed by atoms with E-state index in [9.17, 15) is 19.7 Å². The van der Waals surface area contributed by atoms with Gasteiger partial charge in [-0.15, -0.1) is 0 Å². The molecule has 0 saturated carbocycles. The number of nitrogens with zero attached hydrogens (tertiary/aromatic N) is 2. The molecule has 0 fully saturated rings. The number of ether oxygens (including phenoxy) is 5. The van der Waals surface area contributed by atoms with Gasteiger partial charge in [-0.3, -0.25) is 14.9 Å². The topological polar surface area (TPSA) is 152 Å². The number of carbonyl (C=O) groups excluding carboxylic acids is 1. The highest BCUT2D eigenvalue weighted by atomic mass is 16.7. The Balaban J connectivity index is 1.42. The van der Waals surface area contributed by atoms with Crippen molar-refractivity contribution in [3.8, 4) is 34.4 Å². The molecular weight excluding hydrogens is 510 g/mol. The first-order valence-electron chi connectivity index (χ1n) is 11.7. The lowest BCUT2D eigenvalue weighted by atomic mass is 10.0. The van der Waals surface area contributed by atoms with Gasteiger partial charge < -0.3 is 28.7 Å². The molecule has 0 aliphatic heterocycles. The molecule has 0 radical (unpaired) electrons. The third-order valence-electron chi connectivity index (χ3n) is 5.73. The van der Waals surface area contributed by atoms with Crippen molar-refractivity contribution >= 4 is 22.7 Å². The number of aromatic nitrogens is 2. The number of non-ortho nitro benzene ring substituents is 1. The summed E-state index contributed by atoms with van der Waals surface area (Å²) >= 11 is 0. The fraction of sp³-hybridized carbons (Fsp3) is 0.222. The highest BCUT2D eigenvalue weighted by Crippen LogP contribution is 2.31. The Hall–Kier alpha value is -5.13. The van der Waals surface area contributed by atoms with Crippen LogP contribution in [0.15, 0.2) is 53.3 Å². The van der Waals surface area contributed by atoms with E-state index in [0.717, 1.165) is 11.1 Å². The lowest BCUT2D eigenvalue weighted by molar-refractivity contribution is -0.384. The monoisotopic (exact) mass is 535 g/mol. The van der Waals surface area contributed by atoms with Gasteiger partial charge in [-0.2, -0.15) is 0 Å². The van der Waals surface area contributed by atoms with Crippen molar-refractivity contribution in [2.24, 2.45) is 0 Å². The second kappa shape index (κ2) is 11.5. The first-order valence-corrected chi connectivity index (χ1v) is 11.7. The maximum absolute atomic E-state index is 12.9. The lowest BCUT2D eigenvalue weighted by Gasteiger charge is -2.14. The largest absolute Gasteiger partial charge is 0.513 e. The van der Waals surface area contributed by atoms with E-state index in [4.69, 9.17) is 23.7 Å². The molecule has 3 aromatic carbocycles. The minimum absolute atomic E-state index is 0.0566. The maximum atomic E-state index is 12.9. The fourth-order valence-corrected chi connectivity index (χ4v) is 3.97. The number of nitro groups is 1. The summed E-state index contributed by atoms with van der Waals surface area (Å²) in [5.41, 5.74) is 2.21. The van der Waals surface area contributed by atoms with E-state index in [1.54, 1.807) is 12.1 Å². The van der Waals surface area contributed by atoms with Crippen LogP contribution in [0.1, 0.15) is 11.1 Å². The van der Waals surface area contributed by atoms with Crippen LogP contribution < -0.4 is 24.5 Å². The zero-order valence-electron chi connectivity index (χ0n) is 21.6. The van der Waals surface area contributed by atoms with Gasteiger partial charge in [-0.05, 0) is 49.2 Å². The number of H-pyrrole nitrogens is 1. The summed E-state index contributed by atoms with van der Waals surface area (Å²) in [4.78, 5) is 42.3. The molecule has 0 spiro atoms. The number of nitrogens with one attached hydrogen (secondary N) is 1. The number of hydrogen-bond donors (Lipinski definition) is 1. The minimum atomic E-state index is -0.962. The van der Waals surface area contributed by atoms with Gasteiger partial charge in [0.25, 0.3) is 11.2 Å². The third kappa shape index (κ3) is 6.06. The fourth-order valence-electron chi connectivity index (χ4n) is 3.97. The van der Waals surface area contributed by atoms with Crippen LogP contribution in [0.3, 0.4) is 0 Å². The highest BCUT2D eigenvalue weighted by Gasteiger charge is 2.15. The summed E-state index contributed by atoms with van der Waals surface area (Å²) in [6, 6.07) is 12.0. The summed E-state index contributed by atoms with van der Waals surface area (Å²) in [6.45, 7) is 3.66. The van der Waals surface area contributed by atoms with Gasteiger partial charge in [-0.1, -0.05) is 0 Å². The Morgan fingerprint density at radius 1 is 0.974 bits per heavy atom. The average molecular weight is 536 g/mol. The van der Waals surface area contributed by atoms with Gasteiger partial charge in [-0.25, -0.2) is 9.78 Å². The van der Waals surface area contributed by atoms with E-state index in [0.29, 0.717) is 39.5 Å². The number of hydrogen-bond acceptors (Lipinski definition) is 10. The summed E-state index contributed by atoms with van der Waals surface area (Å²) in [7, 11) is 2.99. The Morgan fingerprint density at radius 3 is 2.28 bits per heavy atom. The molecule has 1 heterocycles. The summed E-state index contributed by atoms with van der Waals surface area (Å²) in [6.07, 6.45) is -0.962. The van der Waals surface area contributed by atoms with Crippen LogP contribution in [0.5, 0.6) is 23.0 Å². The molecule has 4 rings (SSSR count). The second-order valence-corrected chi connectivity index (χ2v) is 8.38. The second-order valence-electron chi connectivity index (χ2n) is 8.38. The number of aromatic amines is 1. The molecule has 0 bridgehead atoms. The lowest BCUT2D eigenvalue weighted by Crippen LogP contribution is -2.16. The van der Waals surface area contributed by atoms with Crippen LogP contribution in [0.25, 0.3) is 22.3 Å². The van der Waals surface area contributed by atoms with Crippen molar-refractivity contribution in [3.63, 3.8) is 0 Å². The van der Waals surface area contributed by atoms with Gasteiger partial charge in [0.15, 0.2) is 0 Å². The van der Waals surface area contributed by atoms with Crippen LogP contribution in [-0.4, -0.2) is 48.5 Å². The Kier molecular flexibility index (Phi) is 7.94. The normalized spacial score (nSPS) is 10.7. The van der Waals surface area contributed by atoms with E-state index in [2.05, 4.69) is 9.97 Å². The predicted octanol–water partition coefficient (Wildman–Crippen LogP) is 4.73. The van der Waals surface area contributed by atoms with Crippen LogP contribution in [0.2, 0.25) is 0 Å². The van der Waals surface area contributed by atoms with Gasteiger partial charge in [0.2, 0.25) is 0 Å². The number of aryl methyl sites for hydroxylation is 2. The molecule has 202 valence electrons. The predicted molar refractivity (Wildman–Crippen MR) is 141 cm³/mol. The van der Waals surface area contributed by atoms with Crippen molar-refractivity contribution in [2.75, 3.05) is 27.4 Å². The summed E-state index contributed by atoms with van der Waals surface area (Å²) < 4.78 is 26.5. The number of methoxy groups -OCH3 is 2. The van der Waals surface area contributed by atoms with E-state index >= 15 is 0 Å². The first kappa shape index (κ1) is 26.9. The molecule has 39 heavy (non-hydrogen) atoms. The molecule has 0 aliphatic carbocycles. The van der Waals surface area contributed by atoms with Gasteiger partial charge in [0, 0.05) is 29.8 Å². The SMILES string of the molecule is COc1cc(OC)c2c(=O)[nH]c(-c3cc(C)c(OCCOC(=O)Oc4ccc([N+](=O)[O-])cc4)c(C)c3)nc2c1. The van der Waals surface area contributed by atoms with Gasteiger partial charge in [0.1, 0.15) is 47.4 Å². The van der Waals surface area contributed by atoms with Crippen molar-refractivity contribution in [1.29, 1.82) is 0 Å². The smallest absolute Gasteiger partial charge is 0.497 e. The van der Waals surface area contributed by atoms with Crippen molar-refractivity contribution in [2.45, 2.75) is 13.8 Å². The molecule has 1 aromatic heterocycles. The number of benzene rings is 3. The number of carbonyl (C=O) groups is 1. The zero-order valence-corrected chi connectivity index (χ0v) is 21.6. The van der Waals surface area contributed by atoms with Crippen LogP contribution in [-0.2, 0) is 4.74 Å². The van der Waals surface area contributed by atoms with E-state index in [1.807, 2.05) is 26.0 Å². The van der Waals surface area contributed by atoms with E-state index in [1.165, 1.54) is 38.5 Å². The van der Waals surface area contributed by atoms with Gasteiger partial charge >= 0.3 is 6.16 Å². The highest BCUT2D eigenvalue weighted by molar-refractivity contribution is 5.87.